The average Bonchev–Trinajstić information content (AvgIpc) is 3.36. The number of aromatic nitrogens is 2. The van der Waals surface area contributed by atoms with Crippen molar-refractivity contribution >= 4 is 17.4 Å². The van der Waals surface area contributed by atoms with E-state index >= 15 is 0 Å². The predicted octanol–water partition coefficient (Wildman–Crippen LogP) is 3.26. The molecule has 0 bridgehead atoms. The van der Waals surface area contributed by atoms with Gasteiger partial charge in [-0.3, -0.25) is 4.79 Å². The smallest absolute Gasteiger partial charge is 0.267 e. The number of piperidine rings is 1. The molecule has 1 aromatic heterocycles. The minimum Gasteiger partial charge on any atom is -0.338 e. The molecule has 4 rings (SSSR count). The van der Waals surface area contributed by atoms with Crippen molar-refractivity contribution in [2.75, 3.05) is 32.7 Å². The molecular weight excluding hydrogens is 356 g/mol. The summed E-state index contributed by atoms with van der Waals surface area (Å²) in [5, 5.41) is 3.97. The lowest BCUT2D eigenvalue weighted by Crippen LogP contribution is -2.40. The molecule has 0 radical (unpaired) electrons. The Morgan fingerprint density at radius 3 is 2.56 bits per heavy atom. The van der Waals surface area contributed by atoms with Crippen LogP contribution in [0.1, 0.15) is 40.2 Å². The Kier molecular flexibility index (Phi) is 5.83. The minimum absolute atomic E-state index is 0.122. The fourth-order valence-electron chi connectivity index (χ4n) is 4.53. The second kappa shape index (κ2) is 8.48. The molecule has 0 saturated carbocycles. The average molecular weight is 385 g/mol. The molecule has 1 atom stereocenters. The highest BCUT2D eigenvalue weighted by Gasteiger charge is 2.33. The number of benzene rings is 1. The quantitative estimate of drug-likeness (QED) is 0.794. The number of likely N-dealkylation sites (tertiary alicyclic amines) is 2. The molecule has 6 heteroatoms. The van der Waals surface area contributed by atoms with E-state index in [1.165, 1.54) is 36.6 Å². The fourth-order valence-corrected chi connectivity index (χ4v) is 5.15. The maximum Gasteiger partial charge on any atom is 0.267 e. The van der Waals surface area contributed by atoms with Crippen LogP contribution in [0.3, 0.4) is 0 Å². The number of carbonyl (C=O) groups excluding carboxylic acids is 1. The maximum absolute atomic E-state index is 12.6. The first-order valence-corrected chi connectivity index (χ1v) is 10.8. The number of aryl methyl sites for hydroxylation is 1. The zero-order valence-corrected chi connectivity index (χ0v) is 16.8. The van der Waals surface area contributed by atoms with Gasteiger partial charge in [-0.1, -0.05) is 34.8 Å². The predicted molar refractivity (Wildman–Crippen MR) is 108 cm³/mol. The third-order valence-electron chi connectivity index (χ3n) is 6.21. The van der Waals surface area contributed by atoms with Gasteiger partial charge in [-0.25, -0.2) is 0 Å². The highest BCUT2D eigenvalue weighted by Crippen LogP contribution is 2.32. The van der Waals surface area contributed by atoms with Crippen LogP contribution in [0.2, 0.25) is 0 Å². The molecule has 3 heterocycles. The Morgan fingerprint density at radius 1 is 1.11 bits per heavy atom. The summed E-state index contributed by atoms with van der Waals surface area (Å²) in [4.78, 5) is 18.0. The molecule has 0 aliphatic carbocycles. The fraction of sp³-hybridized carbons (Fsp3) is 0.571. The lowest BCUT2D eigenvalue weighted by molar-refractivity contribution is 0.0663. The van der Waals surface area contributed by atoms with Gasteiger partial charge in [0, 0.05) is 26.2 Å². The topological polar surface area (TPSA) is 49.3 Å². The molecule has 1 amide bonds. The summed E-state index contributed by atoms with van der Waals surface area (Å²) in [6.07, 6.45) is 4.72. The van der Waals surface area contributed by atoms with Crippen LogP contribution in [-0.2, 0) is 6.42 Å². The second-order valence-electron chi connectivity index (χ2n) is 7.90. The van der Waals surface area contributed by atoms with Crippen LogP contribution in [-0.4, -0.2) is 58.0 Å². The van der Waals surface area contributed by atoms with Gasteiger partial charge >= 0.3 is 0 Å². The van der Waals surface area contributed by atoms with Gasteiger partial charge in [0.1, 0.15) is 4.88 Å². The van der Waals surface area contributed by atoms with Crippen molar-refractivity contribution in [1.82, 2.24) is 19.4 Å². The Balaban J connectivity index is 1.23. The van der Waals surface area contributed by atoms with Gasteiger partial charge in [0.15, 0.2) is 0 Å². The Hall–Kier alpha value is -1.79. The largest absolute Gasteiger partial charge is 0.338 e. The summed E-state index contributed by atoms with van der Waals surface area (Å²) in [5.41, 5.74) is 2.19. The van der Waals surface area contributed by atoms with Gasteiger partial charge in [0.2, 0.25) is 0 Å². The van der Waals surface area contributed by atoms with Gasteiger partial charge < -0.3 is 9.80 Å². The first-order valence-electron chi connectivity index (χ1n) is 10.0. The number of carbonyl (C=O) groups is 1. The Morgan fingerprint density at radius 2 is 1.85 bits per heavy atom. The third-order valence-corrected chi connectivity index (χ3v) is 7.02. The molecule has 2 aliphatic heterocycles. The standard InChI is InChI=1S/C21H28N4OS/c1-16-20(27-23-22-16)21(26)25-13-9-18(10-14-25)19-8-12-24(15-19)11-7-17-5-3-2-4-6-17/h2-6,18-19H,7-15H2,1H3/t19-/m0/s1. The molecule has 0 N–H and O–H groups in total. The van der Waals surface area contributed by atoms with Gasteiger partial charge in [0.25, 0.3) is 5.91 Å². The number of hydrogen-bond acceptors (Lipinski definition) is 5. The van der Waals surface area contributed by atoms with Crippen LogP contribution >= 0.6 is 11.5 Å². The van der Waals surface area contributed by atoms with Crippen molar-refractivity contribution in [2.24, 2.45) is 11.8 Å². The van der Waals surface area contributed by atoms with Crippen molar-refractivity contribution < 1.29 is 4.79 Å². The zero-order chi connectivity index (χ0) is 18.6. The van der Waals surface area contributed by atoms with Crippen LogP contribution in [0.4, 0.5) is 0 Å². The molecule has 27 heavy (non-hydrogen) atoms. The lowest BCUT2D eigenvalue weighted by atomic mass is 9.83. The molecule has 2 aliphatic rings. The lowest BCUT2D eigenvalue weighted by Gasteiger charge is -2.34. The number of rotatable bonds is 5. The summed E-state index contributed by atoms with van der Waals surface area (Å²) in [6.45, 7) is 7.23. The molecule has 2 saturated heterocycles. The van der Waals surface area contributed by atoms with Crippen LogP contribution < -0.4 is 0 Å². The SMILES string of the molecule is Cc1nnsc1C(=O)N1CCC([C@H]2CCN(CCc3ccccc3)C2)CC1. The normalized spacial score (nSPS) is 21.7. The highest BCUT2D eigenvalue weighted by atomic mass is 32.1. The first kappa shape index (κ1) is 18.6. The van der Waals surface area contributed by atoms with Crippen LogP contribution in [0.5, 0.6) is 0 Å². The summed E-state index contributed by atoms with van der Waals surface area (Å²) in [7, 11) is 0. The molecule has 1 aromatic carbocycles. The molecule has 144 valence electrons. The van der Waals surface area contributed by atoms with Crippen molar-refractivity contribution in [2.45, 2.75) is 32.6 Å². The van der Waals surface area contributed by atoms with E-state index in [1.54, 1.807) is 0 Å². The number of nitrogens with zero attached hydrogens (tertiary/aromatic N) is 4. The molecule has 0 spiro atoms. The van der Waals surface area contributed by atoms with E-state index in [0.717, 1.165) is 56.4 Å². The van der Waals surface area contributed by atoms with Crippen LogP contribution in [0, 0.1) is 18.8 Å². The maximum atomic E-state index is 12.6. The van der Waals surface area contributed by atoms with E-state index in [4.69, 9.17) is 0 Å². The van der Waals surface area contributed by atoms with E-state index in [0.29, 0.717) is 4.88 Å². The van der Waals surface area contributed by atoms with Gasteiger partial charge in [-0.2, -0.15) is 0 Å². The third kappa shape index (κ3) is 4.38. The van der Waals surface area contributed by atoms with Crippen molar-refractivity contribution in [1.29, 1.82) is 0 Å². The first-order chi connectivity index (χ1) is 13.2. The van der Waals surface area contributed by atoms with Crippen molar-refractivity contribution in [3.05, 3.63) is 46.5 Å². The second-order valence-corrected chi connectivity index (χ2v) is 8.66. The summed E-state index contributed by atoms with van der Waals surface area (Å²) in [5.74, 6) is 1.68. The van der Waals surface area contributed by atoms with E-state index in [-0.39, 0.29) is 5.91 Å². The number of hydrogen-bond donors (Lipinski definition) is 0. The van der Waals surface area contributed by atoms with Crippen LogP contribution in [0.25, 0.3) is 0 Å². The number of amides is 1. The molecule has 2 fully saturated rings. The van der Waals surface area contributed by atoms with E-state index in [9.17, 15) is 4.79 Å². The molecular formula is C21H28N4OS. The van der Waals surface area contributed by atoms with E-state index in [1.807, 2.05) is 11.8 Å². The molecule has 2 aromatic rings. The minimum atomic E-state index is 0.122. The summed E-state index contributed by atoms with van der Waals surface area (Å²) in [6, 6.07) is 10.8. The summed E-state index contributed by atoms with van der Waals surface area (Å²) >= 11 is 1.22. The molecule has 5 nitrogen and oxygen atoms in total. The Bertz CT molecular complexity index is 755. The van der Waals surface area contributed by atoms with Crippen molar-refractivity contribution in [3.8, 4) is 0 Å². The van der Waals surface area contributed by atoms with Gasteiger partial charge in [-0.05, 0) is 68.1 Å². The monoisotopic (exact) mass is 384 g/mol. The van der Waals surface area contributed by atoms with Gasteiger partial charge in [0.05, 0.1) is 5.69 Å². The van der Waals surface area contributed by atoms with E-state index in [2.05, 4.69) is 44.8 Å². The highest BCUT2D eigenvalue weighted by molar-refractivity contribution is 7.07. The Labute approximate surface area is 165 Å². The van der Waals surface area contributed by atoms with E-state index < -0.39 is 0 Å². The molecule has 0 unspecified atom stereocenters. The van der Waals surface area contributed by atoms with Crippen molar-refractivity contribution in [3.63, 3.8) is 0 Å². The van der Waals surface area contributed by atoms with Crippen LogP contribution in [0.15, 0.2) is 30.3 Å². The zero-order valence-electron chi connectivity index (χ0n) is 16.0. The summed E-state index contributed by atoms with van der Waals surface area (Å²) < 4.78 is 3.90. The van der Waals surface area contributed by atoms with Gasteiger partial charge in [-0.15, -0.1) is 5.10 Å².